The summed E-state index contributed by atoms with van der Waals surface area (Å²) in [6.45, 7) is 0. The molecule has 0 aromatic heterocycles. The quantitative estimate of drug-likeness (QED) is 0.705. The van der Waals surface area contributed by atoms with Crippen LogP contribution >= 0.6 is 12.2 Å². The third-order valence-electron chi connectivity index (χ3n) is 4.08. The van der Waals surface area contributed by atoms with Crippen LogP contribution in [-0.2, 0) is 9.53 Å². The zero-order valence-corrected chi connectivity index (χ0v) is 9.89. The van der Waals surface area contributed by atoms with Crippen LogP contribution in [0.15, 0.2) is 0 Å². The Hall–Kier alpha value is -0.680. The zero-order chi connectivity index (χ0) is 11.3. The first-order valence-electron chi connectivity index (χ1n) is 5.88. The van der Waals surface area contributed by atoms with E-state index in [-0.39, 0.29) is 18.1 Å². The molecule has 2 aliphatic heterocycles. The van der Waals surface area contributed by atoms with Crippen molar-refractivity contribution in [2.24, 2.45) is 11.1 Å². The number of hydrogen-bond donors (Lipinski definition) is 2. The van der Waals surface area contributed by atoms with Gasteiger partial charge in [0.25, 0.3) is 0 Å². The topological polar surface area (TPSA) is 64.4 Å². The lowest BCUT2D eigenvalue weighted by molar-refractivity contribution is -0.125. The maximum absolute atomic E-state index is 12.1. The van der Waals surface area contributed by atoms with E-state index in [1.807, 2.05) is 0 Å². The third kappa shape index (κ3) is 1.45. The van der Waals surface area contributed by atoms with Gasteiger partial charge in [0.2, 0.25) is 5.91 Å². The van der Waals surface area contributed by atoms with Crippen molar-refractivity contribution in [2.75, 3.05) is 0 Å². The van der Waals surface area contributed by atoms with Crippen LogP contribution in [0.2, 0.25) is 0 Å². The van der Waals surface area contributed by atoms with Gasteiger partial charge < -0.3 is 15.8 Å². The highest BCUT2D eigenvalue weighted by molar-refractivity contribution is 7.80. The van der Waals surface area contributed by atoms with Gasteiger partial charge in [0.15, 0.2) is 0 Å². The lowest BCUT2D eigenvalue weighted by Gasteiger charge is -2.23. The summed E-state index contributed by atoms with van der Waals surface area (Å²) in [5.41, 5.74) is 5.09. The molecule has 1 amide bonds. The molecule has 88 valence electrons. The number of nitrogens with one attached hydrogen (secondary N) is 1. The van der Waals surface area contributed by atoms with E-state index >= 15 is 0 Å². The molecular weight excluding hydrogens is 224 g/mol. The number of carbonyl (C=O) groups excluding carboxylic acids is 1. The molecule has 2 saturated heterocycles. The van der Waals surface area contributed by atoms with E-state index in [9.17, 15) is 4.79 Å². The van der Waals surface area contributed by atoms with Gasteiger partial charge in [-0.15, -0.1) is 0 Å². The Morgan fingerprint density at radius 2 is 2.19 bits per heavy atom. The van der Waals surface area contributed by atoms with E-state index in [0.717, 1.165) is 32.1 Å². The molecule has 0 aromatic carbocycles. The molecular formula is C11H16N2O2S. The summed E-state index contributed by atoms with van der Waals surface area (Å²) in [4.78, 5) is 12.4. The highest BCUT2D eigenvalue weighted by Crippen LogP contribution is 2.46. The SMILES string of the molecule is NC(=S)C1(C(=O)NC2CC3CCC2O3)CC1. The van der Waals surface area contributed by atoms with E-state index in [2.05, 4.69) is 5.32 Å². The fraction of sp³-hybridized carbons (Fsp3) is 0.818. The van der Waals surface area contributed by atoms with Gasteiger partial charge in [0.1, 0.15) is 0 Å². The molecule has 1 aliphatic carbocycles. The van der Waals surface area contributed by atoms with Gasteiger partial charge >= 0.3 is 0 Å². The maximum Gasteiger partial charge on any atom is 0.233 e. The van der Waals surface area contributed by atoms with Crippen LogP contribution < -0.4 is 11.1 Å². The number of ether oxygens (including phenoxy) is 1. The minimum atomic E-state index is -0.531. The van der Waals surface area contributed by atoms with Crippen LogP contribution in [0.1, 0.15) is 32.1 Å². The molecule has 3 fully saturated rings. The summed E-state index contributed by atoms with van der Waals surface area (Å²) < 4.78 is 5.70. The molecule has 0 radical (unpaired) electrons. The molecule has 3 atom stereocenters. The van der Waals surface area contributed by atoms with Gasteiger partial charge in [0, 0.05) is 0 Å². The third-order valence-corrected chi connectivity index (χ3v) is 4.47. The minimum Gasteiger partial charge on any atom is -0.392 e. The van der Waals surface area contributed by atoms with Gasteiger partial charge in [-0.2, -0.15) is 0 Å². The molecule has 3 rings (SSSR count). The second kappa shape index (κ2) is 3.40. The van der Waals surface area contributed by atoms with Gasteiger partial charge in [0.05, 0.1) is 28.7 Å². The smallest absolute Gasteiger partial charge is 0.233 e. The zero-order valence-electron chi connectivity index (χ0n) is 9.07. The Balaban J connectivity index is 1.63. The van der Waals surface area contributed by atoms with E-state index in [1.165, 1.54) is 0 Å². The number of fused-ring (bicyclic) bond motifs is 2. The van der Waals surface area contributed by atoms with Crippen LogP contribution in [0, 0.1) is 5.41 Å². The molecule has 2 bridgehead atoms. The second-order valence-corrected chi connectivity index (χ2v) is 5.58. The normalized spacial score (nSPS) is 38.4. The average molecular weight is 240 g/mol. The first-order valence-corrected chi connectivity index (χ1v) is 6.29. The van der Waals surface area contributed by atoms with Crippen LogP contribution in [0.4, 0.5) is 0 Å². The standard InChI is InChI=1S/C11H16N2O2S/c12-9(16)11(3-4-11)10(14)13-7-5-6-1-2-8(7)15-6/h6-8H,1-5H2,(H2,12,16)(H,13,14). The predicted octanol–water partition coefficient (Wildman–Crippen LogP) is 0.489. The Morgan fingerprint density at radius 3 is 2.62 bits per heavy atom. The second-order valence-electron chi connectivity index (χ2n) is 5.14. The van der Waals surface area contributed by atoms with E-state index in [1.54, 1.807) is 0 Å². The van der Waals surface area contributed by atoms with Crippen LogP contribution in [0.25, 0.3) is 0 Å². The van der Waals surface area contributed by atoms with Crippen molar-refractivity contribution in [3.05, 3.63) is 0 Å². The number of hydrogen-bond acceptors (Lipinski definition) is 3. The minimum absolute atomic E-state index is 0.0150. The van der Waals surface area contributed by atoms with E-state index in [0.29, 0.717) is 11.1 Å². The Bertz CT molecular complexity index is 354. The summed E-state index contributed by atoms with van der Waals surface area (Å²) in [6.07, 6.45) is 5.33. The molecule has 5 heteroatoms. The van der Waals surface area contributed by atoms with Crippen molar-refractivity contribution < 1.29 is 9.53 Å². The number of amides is 1. The van der Waals surface area contributed by atoms with Crippen molar-refractivity contribution >= 4 is 23.1 Å². The number of carbonyl (C=O) groups is 1. The molecule has 1 saturated carbocycles. The van der Waals surface area contributed by atoms with Gasteiger partial charge in [-0.1, -0.05) is 12.2 Å². The fourth-order valence-corrected chi connectivity index (χ4v) is 3.10. The summed E-state index contributed by atoms with van der Waals surface area (Å²) in [5.74, 6) is 0.0150. The van der Waals surface area contributed by atoms with Crippen molar-refractivity contribution in [3.8, 4) is 0 Å². The summed E-state index contributed by atoms with van der Waals surface area (Å²) >= 11 is 4.96. The fourth-order valence-electron chi connectivity index (χ4n) is 2.81. The van der Waals surface area contributed by atoms with Crippen LogP contribution in [-0.4, -0.2) is 29.1 Å². The lowest BCUT2D eigenvalue weighted by Crippen LogP contribution is -2.47. The summed E-state index contributed by atoms with van der Waals surface area (Å²) in [5, 5.41) is 3.06. The van der Waals surface area contributed by atoms with Crippen molar-refractivity contribution in [1.29, 1.82) is 0 Å². The molecule has 3 N–H and O–H groups in total. The lowest BCUT2D eigenvalue weighted by atomic mass is 9.94. The van der Waals surface area contributed by atoms with Crippen molar-refractivity contribution in [3.63, 3.8) is 0 Å². The summed E-state index contributed by atoms with van der Waals surface area (Å²) in [7, 11) is 0. The van der Waals surface area contributed by atoms with E-state index < -0.39 is 5.41 Å². The highest BCUT2D eigenvalue weighted by Gasteiger charge is 2.54. The molecule has 3 aliphatic rings. The Morgan fingerprint density at radius 1 is 1.44 bits per heavy atom. The van der Waals surface area contributed by atoms with Gasteiger partial charge in [-0.3, -0.25) is 4.79 Å². The van der Waals surface area contributed by atoms with E-state index in [4.69, 9.17) is 22.7 Å². The van der Waals surface area contributed by atoms with Crippen LogP contribution in [0.5, 0.6) is 0 Å². The molecule has 4 nitrogen and oxygen atoms in total. The first-order chi connectivity index (χ1) is 7.62. The van der Waals surface area contributed by atoms with Crippen molar-refractivity contribution in [1.82, 2.24) is 5.32 Å². The monoisotopic (exact) mass is 240 g/mol. The van der Waals surface area contributed by atoms with Crippen LogP contribution in [0.3, 0.4) is 0 Å². The predicted molar refractivity (Wildman–Crippen MR) is 62.9 cm³/mol. The number of rotatable bonds is 3. The molecule has 0 spiro atoms. The largest absolute Gasteiger partial charge is 0.392 e. The number of thiocarbonyl (C=S) groups is 1. The number of nitrogens with two attached hydrogens (primary N) is 1. The first kappa shape index (κ1) is 10.5. The molecule has 16 heavy (non-hydrogen) atoms. The molecule has 3 unspecified atom stereocenters. The van der Waals surface area contributed by atoms with Gasteiger partial charge in [-0.05, 0) is 32.1 Å². The summed E-state index contributed by atoms with van der Waals surface area (Å²) in [6, 6.07) is 0.179. The molecule has 2 heterocycles. The highest BCUT2D eigenvalue weighted by atomic mass is 32.1. The Kier molecular flexibility index (Phi) is 2.23. The maximum atomic E-state index is 12.1. The van der Waals surface area contributed by atoms with Crippen molar-refractivity contribution in [2.45, 2.75) is 50.4 Å². The molecule has 0 aromatic rings. The average Bonchev–Trinajstić information content (AvgIpc) is 2.83. The Labute approximate surface area is 99.9 Å². The van der Waals surface area contributed by atoms with Gasteiger partial charge in [-0.25, -0.2) is 0 Å².